The minimum atomic E-state index is -0.0740. The van der Waals surface area contributed by atoms with Gasteiger partial charge < -0.3 is 9.47 Å². The minimum Gasteiger partial charge on any atom is -0.343 e. The maximum atomic E-state index is 11.8. The maximum absolute atomic E-state index is 11.8. The average Bonchev–Trinajstić information content (AvgIpc) is 3.13. The fourth-order valence-electron chi connectivity index (χ4n) is 1.73. The van der Waals surface area contributed by atoms with Gasteiger partial charge in [0.1, 0.15) is 0 Å². The van der Waals surface area contributed by atoms with Crippen LogP contribution in [0.2, 0.25) is 0 Å². The number of pyridine rings is 1. The third-order valence-corrected chi connectivity index (χ3v) is 3.47. The molecule has 1 amide bonds. The summed E-state index contributed by atoms with van der Waals surface area (Å²) >= 11 is 3.31. The van der Waals surface area contributed by atoms with Crippen LogP contribution in [0, 0.1) is 0 Å². The van der Waals surface area contributed by atoms with Crippen LogP contribution in [0.25, 0.3) is 0 Å². The topological polar surface area (TPSA) is 42.3 Å². The number of aryl methyl sites for hydroxylation is 1. The van der Waals surface area contributed by atoms with Gasteiger partial charge in [0.2, 0.25) is 5.91 Å². The van der Waals surface area contributed by atoms with Crippen molar-refractivity contribution in [1.29, 1.82) is 0 Å². The molecule has 4 nitrogen and oxygen atoms in total. The highest BCUT2D eigenvalue weighted by Gasteiger charge is 2.29. The van der Waals surface area contributed by atoms with E-state index in [0.717, 1.165) is 17.3 Å². The molecule has 0 atom stereocenters. The van der Waals surface area contributed by atoms with Gasteiger partial charge in [-0.25, -0.2) is 0 Å². The first-order valence-electron chi connectivity index (χ1n) is 5.69. The van der Waals surface area contributed by atoms with Crippen molar-refractivity contribution in [2.45, 2.75) is 31.8 Å². The third-order valence-electron chi connectivity index (χ3n) is 3.00. The molecule has 0 saturated heterocycles. The summed E-state index contributed by atoms with van der Waals surface area (Å²) in [5.74, 6) is 0.111. The zero-order valence-electron chi connectivity index (χ0n) is 9.73. The molecule has 0 aliphatic heterocycles. The zero-order chi connectivity index (χ0) is 12.4. The molecule has 17 heavy (non-hydrogen) atoms. The van der Waals surface area contributed by atoms with E-state index < -0.39 is 0 Å². The van der Waals surface area contributed by atoms with Crippen LogP contribution in [0.3, 0.4) is 0 Å². The number of halogens is 1. The number of amides is 1. The lowest BCUT2D eigenvalue weighted by Crippen LogP contribution is -2.30. The molecule has 2 rings (SSSR count). The van der Waals surface area contributed by atoms with Crippen molar-refractivity contribution in [2.24, 2.45) is 0 Å². The van der Waals surface area contributed by atoms with Crippen LogP contribution in [0.4, 0.5) is 0 Å². The monoisotopic (exact) mass is 298 g/mol. The SMILES string of the molecule is CN(C(=O)CCn1cc(Br)ccc1=O)C1CC1. The Hall–Kier alpha value is -1.10. The van der Waals surface area contributed by atoms with E-state index in [1.807, 2.05) is 7.05 Å². The van der Waals surface area contributed by atoms with Gasteiger partial charge in [-0.1, -0.05) is 0 Å². The molecule has 1 heterocycles. The number of carbonyl (C=O) groups excluding carboxylic acids is 1. The summed E-state index contributed by atoms with van der Waals surface area (Å²) in [6.07, 6.45) is 4.31. The van der Waals surface area contributed by atoms with E-state index in [1.165, 1.54) is 6.07 Å². The number of hydrogen-bond acceptors (Lipinski definition) is 2. The van der Waals surface area contributed by atoms with Crippen molar-refractivity contribution < 1.29 is 4.79 Å². The van der Waals surface area contributed by atoms with Gasteiger partial charge in [0.25, 0.3) is 5.56 Å². The average molecular weight is 299 g/mol. The number of hydrogen-bond donors (Lipinski definition) is 0. The molecular formula is C12H15BrN2O2. The fourth-order valence-corrected chi connectivity index (χ4v) is 2.11. The Labute approximate surface area is 108 Å². The molecule has 0 aromatic carbocycles. The molecule has 1 fully saturated rings. The van der Waals surface area contributed by atoms with Crippen molar-refractivity contribution in [3.63, 3.8) is 0 Å². The maximum Gasteiger partial charge on any atom is 0.250 e. The van der Waals surface area contributed by atoms with Gasteiger partial charge >= 0.3 is 0 Å². The number of nitrogens with zero attached hydrogens (tertiary/aromatic N) is 2. The van der Waals surface area contributed by atoms with Gasteiger partial charge in [-0.3, -0.25) is 9.59 Å². The van der Waals surface area contributed by atoms with Crippen LogP contribution in [0.1, 0.15) is 19.3 Å². The highest BCUT2D eigenvalue weighted by atomic mass is 79.9. The van der Waals surface area contributed by atoms with Gasteiger partial charge in [-0.05, 0) is 34.8 Å². The predicted molar refractivity (Wildman–Crippen MR) is 68.8 cm³/mol. The van der Waals surface area contributed by atoms with E-state index >= 15 is 0 Å². The minimum absolute atomic E-state index is 0.0740. The van der Waals surface area contributed by atoms with E-state index in [4.69, 9.17) is 0 Å². The predicted octanol–water partition coefficient (Wildman–Crippen LogP) is 1.62. The van der Waals surface area contributed by atoms with E-state index in [1.54, 1.807) is 21.7 Å². The molecule has 0 unspecified atom stereocenters. The third kappa shape index (κ3) is 3.19. The Morgan fingerprint density at radius 2 is 2.24 bits per heavy atom. The summed E-state index contributed by atoms with van der Waals surface area (Å²) in [7, 11) is 1.84. The van der Waals surface area contributed by atoms with E-state index in [-0.39, 0.29) is 11.5 Å². The summed E-state index contributed by atoms with van der Waals surface area (Å²) in [6.45, 7) is 0.439. The molecule has 1 saturated carbocycles. The Kier molecular flexibility index (Phi) is 3.66. The molecule has 1 aromatic heterocycles. The molecule has 0 spiro atoms. The van der Waals surface area contributed by atoms with Crippen molar-refractivity contribution in [3.05, 3.63) is 33.2 Å². The quantitative estimate of drug-likeness (QED) is 0.848. The largest absolute Gasteiger partial charge is 0.343 e. The first kappa shape index (κ1) is 12.4. The van der Waals surface area contributed by atoms with Crippen LogP contribution in [-0.2, 0) is 11.3 Å². The summed E-state index contributed by atoms with van der Waals surface area (Å²) in [5, 5.41) is 0. The second-order valence-corrected chi connectivity index (χ2v) is 5.28. The molecule has 1 aliphatic rings. The van der Waals surface area contributed by atoms with Crippen LogP contribution in [-0.4, -0.2) is 28.5 Å². The molecule has 0 radical (unpaired) electrons. The lowest BCUT2D eigenvalue weighted by atomic mass is 10.3. The second-order valence-electron chi connectivity index (χ2n) is 4.36. The Morgan fingerprint density at radius 1 is 1.53 bits per heavy atom. The van der Waals surface area contributed by atoms with E-state index in [0.29, 0.717) is 19.0 Å². The summed E-state index contributed by atoms with van der Waals surface area (Å²) in [4.78, 5) is 25.1. The van der Waals surface area contributed by atoms with Gasteiger partial charge in [0.05, 0.1) is 0 Å². The zero-order valence-corrected chi connectivity index (χ0v) is 11.3. The van der Waals surface area contributed by atoms with Gasteiger partial charge in [-0.2, -0.15) is 0 Å². The lowest BCUT2D eigenvalue weighted by molar-refractivity contribution is -0.130. The first-order chi connectivity index (χ1) is 8.08. The highest BCUT2D eigenvalue weighted by molar-refractivity contribution is 9.10. The van der Waals surface area contributed by atoms with Crippen LogP contribution in [0.15, 0.2) is 27.6 Å². The van der Waals surface area contributed by atoms with Crippen LogP contribution in [0.5, 0.6) is 0 Å². The normalized spacial score (nSPS) is 14.7. The van der Waals surface area contributed by atoms with Crippen molar-refractivity contribution in [2.75, 3.05) is 7.05 Å². The number of carbonyl (C=O) groups is 1. The number of rotatable bonds is 4. The van der Waals surface area contributed by atoms with Crippen LogP contribution < -0.4 is 5.56 Å². The summed E-state index contributed by atoms with van der Waals surface area (Å²) in [5.41, 5.74) is -0.0740. The molecule has 1 aromatic rings. The van der Waals surface area contributed by atoms with Gasteiger partial charge in [0, 0.05) is 42.8 Å². The van der Waals surface area contributed by atoms with E-state index in [2.05, 4.69) is 15.9 Å². The van der Waals surface area contributed by atoms with E-state index in [9.17, 15) is 9.59 Å². The highest BCUT2D eigenvalue weighted by Crippen LogP contribution is 2.25. The second kappa shape index (κ2) is 5.04. The molecule has 1 aliphatic carbocycles. The molecule has 0 N–H and O–H groups in total. The number of aromatic nitrogens is 1. The standard InChI is InChI=1S/C12H15BrN2O2/c1-14(10-3-4-10)11(16)6-7-15-8-9(13)2-5-12(15)17/h2,5,8,10H,3-4,6-7H2,1H3. The van der Waals surface area contributed by atoms with Crippen LogP contribution >= 0.6 is 15.9 Å². The Bertz CT molecular complexity index is 480. The lowest BCUT2D eigenvalue weighted by Gasteiger charge is -2.16. The summed E-state index contributed by atoms with van der Waals surface area (Å²) < 4.78 is 2.41. The fraction of sp³-hybridized carbons (Fsp3) is 0.500. The molecule has 0 bridgehead atoms. The van der Waals surface area contributed by atoms with Gasteiger partial charge in [0.15, 0.2) is 0 Å². The molecular weight excluding hydrogens is 284 g/mol. The smallest absolute Gasteiger partial charge is 0.250 e. The molecule has 92 valence electrons. The van der Waals surface area contributed by atoms with Crippen molar-refractivity contribution in [1.82, 2.24) is 9.47 Å². The van der Waals surface area contributed by atoms with Crippen molar-refractivity contribution in [3.8, 4) is 0 Å². The Morgan fingerprint density at radius 3 is 2.88 bits per heavy atom. The summed E-state index contributed by atoms with van der Waals surface area (Å²) in [6, 6.07) is 3.64. The molecule has 5 heteroatoms. The van der Waals surface area contributed by atoms with Gasteiger partial charge in [-0.15, -0.1) is 0 Å². The first-order valence-corrected chi connectivity index (χ1v) is 6.49. The van der Waals surface area contributed by atoms with Crippen molar-refractivity contribution >= 4 is 21.8 Å². The Balaban J connectivity index is 1.95.